The van der Waals surface area contributed by atoms with Crippen LogP contribution in [0.15, 0.2) is 58.3 Å². The first-order valence-corrected chi connectivity index (χ1v) is 8.43. The molecule has 1 amide bonds. The molecule has 0 radical (unpaired) electrons. The Morgan fingerprint density at radius 1 is 1.24 bits per heavy atom. The number of benzene rings is 2. The van der Waals surface area contributed by atoms with Crippen LogP contribution in [0.5, 0.6) is 5.75 Å². The number of nitrogens with one attached hydrogen (secondary N) is 1. The maximum atomic E-state index is 11.8. The van der Waals surface area contributed by atoms with Gasteiger partial charge in [-0.1, -0.05) is 45.9 Å². The monoisotopic (exact) mass is 365 g/mol. The number of alkyl halides is 1. The molecule has 5 heteroatoms. The fraction of sp³-hybridized carbons (Fsp3) is 0.188. The smallest absolute Gasteiger partial charge is 0.225 e. The van der Waals surface area contributed by atoms with E-state index in [1.165, 1.54) is 0 Å². The van der Waals surface area contributed by atoms with Gasteiger partial charge in [0.15, 0.2) is 0 Å². The molecule has 110 valence electrons. The largest absolute Gasteiger partial charge is 0.497 e. The maximum absolute atomic E-state index is 11.8. The van der Waals surface area contributed by atoms with Crippen molar-refractivity contribution in [2.75, 3.05) is 17.8 Å². The van der Waals surface area contributed by atoms with E-state index in [0.717, 1.165) is 21.2 Å². The highest BCUT2D eigenvalue weighted by atomic mass is 79.9. The number of ether oxygens (including phenoxy) is 1. The highest BCUT2D eigenvalue weighted by Gasteiger charge is 2.09. The zero-order chi connectivity index (χ0) is 15.1. The first kappa shape index (κ1) is 15.9. The Bertz CT molecular complexity index is 604. The van der Waals surface area contributed by atoms with Gasteiger partial charge in [0.2, 0.25) is 5.91 Å². The lowest BCUT2D eigenvalue weighted by Crippen LogP contribution is -2.12. The van der Waals surface area contributed by atoms with Gasteiger partial charge in [0.1, 0.15) is 5.75 Å². The molecule has 0 saturated carbocycles. The topological polar surface area (TPSA) is 38.3 Å². The zero-order valence-corrected chi connectivity index (χ0v) is 14.0. The van der Waals surface area contributed by atoms with Crippen LogP contribution in [0.3, 0.4) is 0 Å². The van der Waals surface area contributed by atoms with Gasteiger partial charge >= 0.3 is 0 Å². The summed E-state index contributed by atoms with van der Waals surface area (Å²) in [6, 6.07) is 15.8. The molecule has 21 heavy (non-hydrogen) atoms. The highest BCUT2D eigenvalue weighted by Crippen LogP contribution is 2.35. The van der Waals surface area contributed by atoms with E-state index in [1.807, 2.05) is 48.5 Å². The quantitative estimate of drug-likeness (QED) is 0.761. The molecule has 1 N–H and O–H groups in total. The number of amides is 1. The summed E-state index contributed by atoms with van der Waals surface area (Å²) < 4.78 is 5.23. The van der Waals surface area contributed by atoms with Crippen LogP contribution in [-0.2, 0) is 4.79 Å². The number of anilines is 1. The van der Waals surface area contributed by atoms with Crippen molar-refractivity contribution >= 4 is 39.3 Å². The zero-order valence-electron chi connectivity index (χ0n) is 11.6. The Kier molecular flexibility index (Phi) is 6.14. The molecule has 2 rings (SSSR count). The Balaban J connectivity index is 2.24. The molecular formula is C16H16BrNO2S. The maximum Gasteiger partial charge on any atom is 0.225 e. The third kappa shape index (κ3) is 4.79. The average Bonchev–Trinajstić information content (AvgIpc) is 2.50. The Labute approximate surface area is 137 Å². The van der Waals surface area contributed by atoms with Crippen LogP contribution in [0.1, 0.15) is 6.42 Å². The number of halogens is 1. The van der Waals surface area contributed by atoms with Crippen LogP contribution < -0.4 is 10.1 Å². The first-order chi connectivity index (χ1) is 10.2. The van der Waals surface area contributed by atoms with Crippen molar-refractivity contribution in [1.29, 1.82) is 0 Å². The summed E-state index contributed by atoms with van der Waals surface area (Å²) in [4.78, 5) is 13.9. The molecule has 2 aromatic carbocycles. The van der Waals surface area contributed by atoms with Crippen molar-refractivity contribution in [3.05, 3.63) is 48.5 Å². The molecule has 0 saturated heterocycles. The standard InChI is InChI=1S/C16H16BrNO2S/c1-20-12-7-8-15(21-13-5-3-2-4-6-13)14(11-12)18-16(19)9-10-17/h2-8,11H,9-10H2,1H3,(H,18,19). The summed E-state index contributed by atoms with van der Waals surface area (Å²) in [6.07, 6.45) is 0.437. The van der Waals surface area contributed by atoms with Crippen molar-refractivity contribution in [1.82, 2.24) is 0 Å². The molecule has 3 nitrogen and oxygen atoms in total. The summed E-state index contributed by atoms with van der Waals surface area (Å²) in [5, 5.41) is 3.58. The van der Waals surface area contributed by atoms with Crippen molar-refractivity contribution in [2.24, 2.45) is 0 Å². The van der Waals surface area contributed by atoms with E-state index in [2.05, 4.69) is 21.2 Å². The minimum atomic E-state index is -0.0185. The van der Waals surface area contributed by atoms with Crippen molar-refractivity contribution in [3.63, 3.8) is 0 Å². The Hall–Kier alpha value is -1.46. The second-order valence-electron chi connectivity index (χ2n) is 4.26. The van der Waals surface area contributed by atoms with Crippen molar-refractivity contribution in [3.8, 4) is 5.75 Å². The van der Waals surface area contributed by atoms with Crippen LogP contribution in [0.2, 0.25) is 0 Å². The molecular weight excluding hydrogens is 350 g/mol. The van der Waals surface area contributed by atoms with Gasteiger partial charge in [0.05, 0.1) is 12.8 Å². The number of carbonyl (C=O) groups excluding carboxylic acids is 1. The molecule has 2 aromatic rings. The minimum Gasteiger partial charge on any atom is -0.497 e. The molecule has 0 spiro atoms. The van der Waals surface area contributed by atoms with E-state index in [1.54, 1.807) is 18.9 Å². The van der Waals surface area contributed by atoms with Gasteiger partial charge in [0.25, 0.3) is 0 Å². The lowest BCUT2D eigenvalue weighted by molar-refractivity contribution is -0.115. The van der Waals surface area contributed by atoms with Crippen LogP contribution in [0, 0.1) is 0 Å². The molecule has 0 aliphatic rings. The number of rotatable bonds is 6. The molecule has 0 fully saturated rings. The van der Waals surface area contributed by atoms with E-state index in [0.29, 0.717) is 11.8 Å². The Morgan fingerprint density at radius 3 is 2.67 bits per heavy atom. The molecule has 0 aliphatic heterocycles. The second kappa shape index (κ2) is 8.10. The van der Waals surface area contributed by atoms with Crippen molar-refractivity contribution in [2.45, 2.75) is 16.2 Å². The fourth-order valence-electron chi connectivity index (χ4n) is 1.74. The van der Waals surface area contributed by atoms with Gasteiger partial charge in [-0.3, -0.25) is 4.79 Å². The highest BCUT2D eigenvalue weighted by molar-refractivity contribution is 9.09. The number of carbonyl (C=O) groups is 1. The summed E-state index contributed by atoms with van der Waals surface area (Å²) in [6.45, 7) is 0. The lowest BCUT2D eigenvalue weighted by atomic mass is 10.3. The van der Waals surface area contributed by atoms with E-state index in [-0.39, 0.29) is 5.91 Å². The van der Waals surface area contributed by atoms with Gasteiger partial charge in [-0.15, -0.1) is 0 Å². The summed E-state index contributed by atoms with van der Waals surface area (Å²) in [5.74, 6) is 0.705. The predicted molar refractivity (Wildman–Crippen MR) is 90.6 cm³/mol. The molecule has 0 unspecified atom stereocenters. The van der Waals surface area contributed by atoms with Gasteiger partial charge in [-0.25, -0.2) is 0 Å². The molecule has 0 aliphatic carbocycles. The van der Waals surface area contributed by atoms with E-state index in [4.69, 9.17) is 4.74 Å². The number of hydrogen-bond acceptors (Lipinski definition) is 3. The van der Waals surface area contributed by atoms with Gasteiger partial charge in [0, 0.05) is 27.6 Å². The average molecular weight is 366 g/mol. The second-order valence-corrected chi connectivity index (χ2v) is 6.17. The van der Waals surface area contributed by atoms with Gasteiger partial charge < -0.3 is 10.1 Å². The SMILES string of the molecule is COc1ccc(Sc2ccccc2)c(NC(=O)CCBr)c1. The van der Waals surface area contributed by atoms with Gasteiger partial charge in [-0.05, 0) is 24.3 Å². The molecule has 0 atom stereocenters. The van der Waals surface area contributed by atoms with Gasteiger partial charge in [-0.2, -0.15) is 0 Å². The third-order valence-corrected chi connectivity index (χ3v) is 4.23. The minimum absolute atomic E-state index is 0.0185. The Morgan fingerprint density at radius 2 is 2.00 bits per heavy atom. The summed E-state index contributed by atoms with van der Waals surface area (Å²) in [5.41, 5.74) is 0.772. The number of hydrogen-bond donors (Lipinski definition) is 1. The van der Waals surface area contributed by atoms with E-state index >= 15 is 0 Å². The van der Waals surface area contributed by atoms with E-state index < -0.39 is 0 Å². The van der Waals surface area contributed by atoms with Crippen LogP contribution in [0.4, 0.5) is 5.69 Å². The first-order valence-electron chi connectivity index (χ1n) is 6.49. The summed E-state index contributed by atoms with van der Waals surface area (Å²) >= 11 is 4.88. The lowest BCUT2D eigenvalue weighted by Gasteiger charge is -2.12. The van der Waals surface area contributed by atoms with Crippen LogP contribution in [-0.4, -0.2) is 18.3 Å². The predicted octanol–water partition coefficient (Wildman–Crippen LogP) is 4.57. The third-order valence-electron chi connectivity index (χ3n) is 2.75. The molecule has 0 heterocycles. The number of methoxy groups -OCH3 is 1. The summed E-state index contributed by atoms with van der Waals surface area (Å²) in [7, 11) is 1.61. The fourth-order valence-corrected chi connectivity index (χ4v) is 3.00. The van der Waals surface area contributed by atoms with Crippen LogP contribution in [0.25, 0.3) is 0 Å². The molecule has 0 bridgehead atoms. The molecule has 0 aromatic heterocycles. The van der Waals surface area contributed by atoms with Crippen LogP contribution >= 0.6 is 27.7 Å². The van der Waals surface area contributed by atoms with E-state index in [9.17, 15) is 4.79 Å². The normalized spacial score (nSPS) is 10.2. The van der Waals surface area contributed by atoms with Crippen molar-refractivity contribution < 1.29 is 9.53 Å².